The molecule has 0 spiro atoms. The second kappa shape index (κ2) is 55.3. The molecule has 0 saturated heterocycles. The van der Waals surface area contributed by atoms with Gasteiger partial charge in [-0.1, -0.05) is 310 Å². The highest BCUT2D eigenvalue weighted by Gasteiger charge is 2.19. The number of ether oxygens (including phenoxy) is 3. The summed E-state index contributed by atoms with van der Waals surface area (Å²) in [6.07, 6.45) is 61.0. The molecule has 0 fully saturated rings. The molecule has 398 valence electrons. The Hall–Kier alpha value is -1.59. The molecule has 0 N–H and O–H groups in total. The third-order valence-corrected chi connectivity index (χ3v) is 14.0. The molecular weight excluding hydrogens is 829 g/mol. The van der Waals surface area contributed by atoms with E-state index in [0.717, 1.165) is 63.7 Å². The highest BCUT2D eigenvalue weighted by atomic mass is 16.6. The maximum atomic E-state index is 12.9. The zero-order valence-corrected chi connectivity index (χ0v) is 45.9. The number of hydrogen-bond donors (Lipinski definition) is 0. The molecule has 6 heteroatoms. The molecule has 0 amide bonds. The van der Waals surface area contributed by atoms with Crippen LogP contribution in [0.5, 0.6) is 0 Å². The van der Waals surface area contributed by atoms with Crippen molar-refractivity contribution in [2.75, 3.05) is 13.2 Å². The molecule has 0 aliphatic heterocycles. The lowest BCUT2D eigenvalue weighted by atomic mass is 10.0. The van der Waals surface area contributed by atoms with Crippen molar-refractivity contribution in [1.82, 2.24) is 0 Å². The Morgan fingerprint density at radius 2 is 0.493 bits per heavy atom. The molecule has 0 bridgehead atoms. The second-order valence-electron chi connectivity index (χ2n) is 21.5. The third kappa shape index (κ3) is 55.2. The number of rotatable bonds is 56. The SMILES string of the molecule is CCCCCCCCCCCCCCCCCCCCC(=O)O[C@H](COC(=O)CCCCCCCCCCCCCCCCCC)COC(=O)CCCCCCCCCCCCCCC(C)C. The van der Waals surface area contributed by atoms with Crippen molar-refractivity contribution in [2.45, 2.75) is 355 Å². The highest BCUT2D eigenvalue weighted by Crippen LogP contribution is 2.18. The fraction of sp³-hybridized carbons (Fsp3) is 0.951. The minimum absolute atomic E-state index is 0.0615. The monoisotopic (exact) mass is 947 g/mol. The first-order valence-corrected chi connectivity index (χ1v) is 30.4. The van der Waals surface area contributed by atoms with Gasteiger partial charge in [-0.25, -0.2) is 0 Å². The van der Waals surface area contributed by atoms with Crippen LogP contribution in [0.1, 0.15) is 349 Å². The Bertz CT molecular complexity index is 1010. The number of carbonyl (C=O) groups excluding carboxylic acids is 3. The van der Waals surface area contributed by atoms with Crippen molar-refractivity contribution in [3.8, 4) is 0 Å². The molecule has 1 atom stereocenters. The minimum Gasteiger partial charge on any atom is -0.462 e. The maximum absolute atomic E-state index is 12.9. The number of esters is 3. The van der Waals surface area contributed by atoms with Gasteiger partial charge in [0.1, 0.15) is 13.2 Å². The van der Waals surface area contributed by atoms with Gasteiger partial charge in [-0.3, -0.25) is 14.4 Å². The van der Waals surface area contributed by atoms with E-state index in [1.807, 2.05) is 0 Å². The van der Waals surface area contributed by atoms with Crippen LogP contribution in [-0.2, 0) is 28.6 Å². The van der Waals surface area contributed by atoms with E-state index >= 15 is 0 Å². The van der Waals surface area contributed by atoms with Gasteiger partial charge in [-0.05, 0) is 25.2 Å². The van der Waals surface area contributed by atoms with Crippen molar-refractivity contribution >= 4 is 17.9 Å². The van der Waals surface area contributed by atoms with E-state index in [2.05, 4.69) is 27.7 Å². The molecule has 0 rings (SSSR count). The Labute approximate surface area is 418 Å². The van der Waals surface area contributed by atoms with E-state index in [9.17, 15) is 14.4 Å². The summed E-state index contributed by atoms with van der Waals surface area (Å²) in [7, 11) is 0. The van der Waals surface area contributed by atoms with Gasteiger partial charge in [-0.2, -0.15) is 0 Å². The number of carbonyl (C=O) groups is 3. The molecule has 0 aromatic heterocycles. The first-order chi connectivity index (χ1) is 32.9. The van der Waals surface area contributed by atoms with Crippen LogP contribution in [0.4, 0.5) is 0 Å². The van der Waals surface area contributed by atoms with Crippen molar-refractivity contribution in [1.29, 1.82) is 0 Å². The molecule has 0 aromatic carbocycles. The molecule has 6 nitrogen and oxygen atoms in total. The van der Waals surface area contributed by atoms with Gasteiger partial charge < -0.3 is 14.2 Å². The van der Waals surface area contributed by atoms with Crippen LogP contribution in [0.25, 0.3) is 0 Å². The smallest absolute Gasteiger partial charge is 0.306 e. The van der Waals surface area contributed by atoms with E-state index in [1.165, 1.54) is 244 Å². The standard InChI is InChI=1S/C61H118O6/c1-5-7-9-11-13-15-17-19-21-23-24-26-28-34-38-42-46-50-54-61(64)67-58(56-66-60(63)53-49-45-41-37-33-30-29-31-35-39-43-47-51-57(3)4)55-65-59(62)52-48-44-40-36-32-27-25-22-20-18-16-14-12-10-8-6-2/h57-58H,5-56H2,1-4H3/t58-/m1/s1. The molecule has 0 radical (unpaired) electrons. The average molecular weight is 948 g/mol. The van der Waals surface area contributed by atoms with Crippen LogP contribution in [-0.4, -0.2) is 37.2 Å². The molecule has 0 aliphatic carbocycles. The van der Waals surface area contributed by atoms with Crippen LogP contribution < -0.4 is 0 Å². The van der Waals surface area contributed by atoms with Gasteiger partial charge in [0.05, 0.1) is 0 Å². The topological polar surface area (TPSA) is 78.9 Å². The van der Waals surface area contributed by atoms with Gasteiger partial charge >= 0.3 is 17.9 Å². The maximum Gasteiger partial charge on any atom is 0.306 e. The molecule has 67 heavy (non-hydrogen) atoms. The van der Waals surface area contributed by atoms with Crippen LogP contribution in [0.15, 0.2) is 0 Å². The van der Waals surface area contributed by atoms with Gasteiger partial charge in [0.25, 0.3) is 0 Å². The van der Waals surface area contributed by atoms with E-state index in [0.29, 0.717) is 19.3 Å². The Morgan fingerprint density at radius 3 is 0.731 bits per heavy atom. The normalized spacial score (nSPS) is 12.0. The lowest BCUT2D eigenvalue weighted by molar-refractivity contribution is -0.167. The van der Waals surface area contributed by atoms with E-state index in [4.69, 9.17) is 14.2 Å². The summed E-state index contributed by atoms with van der Waals surface area (Å²) in [5, 5.41) is 0. The van der Waals surface area contributed by atoms with E-state index < -0.39 is 6.10 Å². The minimum atomic E-state index is -0.762. The van der Waals surface area contributed by atoms with Crippen molar-refractivity contribution in [2.24, 2.45) is 5.92 Å². The fourth-order valence-electron chi connectivity index (χ4n) is 9.46. The third-order valence-electron chi connectivity index (χ3n) is 14.0. The van der Waals surface area contributed by atoms with Gasteiger partial charge in [-0.15, -0.1) is 0 Å². The predicted octanol–water partition coefficient (Wildman–Crippen LogP) is 20.2. The summed E-state index contributed by atoms with van der Waals surface area (Å²) in [4.78, 5) is 38.2. The molecule has 0 unspecified atom stereocenters. The van der Waals surface area contributed by atoms with Crippen molar-refractivity contribution in [3.63, 3.8) is 0 Å². The molecule has 0 saturated carbocycles. The predicted molar refractivity (Wildman–Crippen MR) is 289 cm³/mol. The van der Waals surface area contributed by atoms with Gasteiger partial charge in [0.2, 0.25) is 0 Å². The first-order valence-electron chi connectivity index (χ1n) is 30.4. The highest BCUT2D eigenvalue weighted by molar-refractivity contribution is 5.71. The van der Waals surface area contributed by atoms with Crippen LogP contribution in [0, 0.1) is 5.92 Å². The quantitative estimate of drug-likeness (QED) is 0.0343. The second-order valence-corrected chi connectivity index (χ2v) is 21.5. The molecule has 0 aliphatic rings. The Kier molecular flexibility index (Phi) is 54.0. The zero-order chi connectivity index (χ0) is 48.8. The summed E-state index contributed by atoms with van der Waals surface area (Å²) < 4.78 is 16.9. The molecule has 0 heterocycles. The summed E-state index contributed by atoms with van der Waals surface area (Å²) >= 11 is 0. The number of hydrogen-bond acceptors (Lipinski definition) is 6. The molecule has 0 aromatic rings. The lowest BCUT2D eigenvalue weighted by Gasteiger charge is -2.18. The van der Waals surface area contributed by atoms with Crippen molar-refractivity contribution in [3.05, 3.63) is 0 Å². The number of unbranched alkanes of at least 4 members (excludes halogenated alkanes) is 43. The summed E-state index contributed by atoms with van der Waals surface area (Å²) in [6.45, 7) is 9.07. The van der Waals surface area contributed by atoms with Crippen LogP contribution in [0.2, 0.25) is 0 Å². The van der Waals surface area contributed by atoms with Crippen LogP contribution in [0.3, 0.4) is 0 Å². The first kappa shape index (κ1) is 65.4. The van der Waals surface area contributed by atoms with Gasteiger partial charge in [0, 0.05) is 19.3 Å². The molecular formula is C61H118O6. The largest absolute Gasteiger partial charge is 0.462 e. The fourth-order valence-corrected chi connectivity index (χ4v) is 9.46. The van der Waals surface area contributed by atoms with Crippen molar-refractivity contribution < 1.29 is 28.6 Å². The van der Waals surface area contributed by atoms with E-state index in [-0.39, 0.29) is 31.1 Å². The summed E-state index contributed by atoms with van der Waals surface area (Å²) in [6, 6.07) is 0. The van der Waals surface area contributed by atoms with E-state index in [1.54, 1.807) is 0 Å². The zero-order valence-electron chi connectivity index (χ0n) is 45.9. The Morgan fingerprint density at radius 1 is 0.284 bits per heavy atom. The average Bonchev–Trinajstić information content (AvgIpc) is 3.31. The summed E-state index contributed by atoms with van der Waals surface area (Å²) in [5.41, 5.74) is 0. The van der Waals surface area contributed by atoms with Crippen LogP contribution >= 0.6 is 0 Å². The van der Waals surface area contributed by atoms with Gasteiger partial charge in [0.15, 0.2) is 6.10 Å². The Balaban J connectivity index is 4.29. The summed E-state index contributed by atoms with van der Waals surface area (Å²) in [5.74, 6) is 0.00228. The lowest BCUT2D eigenvalue weighted by Crippen LogP contribution is -2.30.